The van der Waals surface area contributed by atoms with Crippen molar-refractivity contribution in [1.29, 1.82) is 0 Å². The van der Waals surface area contributed by atoms with Gasteiger partial charge < -0.3 is 24.7 Å². The van der Waals surface area contributed by atoms with E-state index in [2.05, 4.69) is 30.6 Å². The van der Waals surface area contributed by atoms with Crippen LogP contribution in [-0.4, -0.2) is 57.5 Å². The predicted molar refractivity (Wildman–Crippen MR) is 124 cm³/mol. The number of hydrogen-bond acceptors (Lipinski definition) is 9. The van der Waals surface area contributed by atoms with Gasteiger partial charge in [-0.1, -0.05) is 13.8 Å². The van der Waals surface area contributed by atoms with E-state index in [9.17, 15) is 9.59 Å². The molecule has 0 saturated carbocycles. The number of carbonyl (C=O) groups is 2. The zero-order valence-electron chi connectivity index (χ0n) is 19.1. The van der Waals surface area contributed by atoms with Crippen molar-refractivity contribution in [3.05, 3.63) is 54.4 Å². The Morgan fingerprint density at radius 1 is 1.18 bits per heavy atom. The second-order valence-electron chi connectivity index (χ2n) is 8.33. The van der Waals surface area contributed by atoms with Crippen LogP contribution < -0.4 is 20.3 Å². The largest absolute Gasteiger partial charge is 0.460 e. The minimum atomic E-state index is -0.474. The third kappa shape index (κ3) is 5.85. The highest BCUT2D eigenvalue weighted by Crippen LogP contribution is 2.22. The van der Waals surface area contributed by atoms with E-state index in [1.807, 2.05) is 18.7 Å². The molecule has 11 heteroatoms. The molecule has 34 heavy (non-hydrogen) atoms. The van der Waals surface area contributed by atoms with Crippen LogP contribution in [0.25, 0.3) is 0 Å². The van der Waals surface area contributed by atoms with Crippen molar-refractivity contribution < 1.29 is 18.7 Å². The Morgan fingerprint density at radius 2 is 1.94 bits per heavy atom. The summed E-state index contributed by atoms with van der Waals surface area (Å²) >= 11 is 0. The maximum atomic E-state index is 12.8. The van der Waals surface area contributed by atoms with E-state index >= 15 is 0 Å². The fourth-order valence-corrected chi connectivity index (χ4v) is 3.44. The van der Waals surface area contributed by atoms with Gasteiger partial charge in [-0.15, -0.1) is 0 Å². The molecule has 11 nitrogen and oxygen atoms in total. The lowest BCUT2D eigenvalue weighted by molar-refractivity contribution is 0.0949. The first-order chi connectivity index (χ1) is 16.5. The summed E-state index contributed by atoms with van der Waals surface area (Å²) in [6.45, 7) is 5.84. The van der Waals surface area contributed by atoms with Gasteiger partial charge >= 0.3 is 6.01 Å². The number of rotatable bonds is 8. The van der Waals surface area contributed by atoms with Gasteiger partial charge in [-0.25, -0.2) is 9.97 Å². The van der Waals surface area contributed by atoms with Crippen molar-refractivity contribution in [1.82, 2.24) is 25.3 Å². The number of piperidine rings is 1. The van der Waals surface area contributed by atoms with E-state index in [4.69, 9.17) is 9.15 Å². The molecule has 2 N–H and O–H groups in total. The lowest BCUT2D eigenvalue weighted by Crippen LogP contribution is -2.38. The summed E-state index contributed by atoms with van der Waals surface area (Å²) in [5, 5.41) is 5.56. The summed E-state index contributed by atoms with van der Waals surface area (Å²) in [7, 11) is 0. The molecule has 0 aromatic carbocycles. The molecule has 3 aromatic heterocycles. The van der Waals surface area contributed by atoms with Crippen molar-refractivity contribution in [2.45, 2.75) is 32.8 Å². The molecule has 3 aromatic rings. The maximum Gasteiger partial charge on any atom is 0.316 e. The Kier molecular flexibility index (Phi) is 7.31. The molecular formula is C23H27N7O4. The summed E-state index contributed by atoms with van der Waals surface area (Å²) < 4.78 is 11.4. The fourth-order valence-electron chi connectivity index (χ4n) is 3.44. The van der Waals surface area contributed by atoms with E-state index < -0.39 is 5.91 Å². The molecule has 0 atom stereocenters. The third-order valence-corrected chi connectivity index (χ3v) is 5.24. The van der Waals surface area contributed by atoms with Gasteiger partial charge in [-0.2, -0.15) is 4.98 Å². The van der Waals surface area contributed by atoms with Crippen LogP contribution in [-0.2, 0) is 0 Å². The number of aromatic nitrogens is 4. The quantitative estimate of drug-likeness (QED) is 0.514. The van der Waals surface area contributed by atoms with Gasteiger partial charge in [-0.3, -0.25) is 14.6 Å². The highest BCUT2D eigenvalue weighted by molar-refractivity contribution is 6.08. The number of pyridine rings is 1. The molecule has 1 aliphatic rings. The average molecular weight is 466 g/mol. The topological polar surface area (TPSA) is 135 Å². The van der Waals surface area contributed by atoms with Crippen LogP contribution in [0, 0.1) is 5.92 Å². The first-order valence-electron chi connectivity index (χ1n) is 11.2. The van der Waals surface area contributed by atoms with Crippen molar-refractivity contribution in [2.24, 2.45) is 5.92 Å². The zero-order valence-corrected chi connectivity index (χ0v) is 19.1. The average Bonchev–Trinajstić information content (AvgIpc) is 3.35. The van der Waals surface area contributed by atoms with Crippen molar-refractivity contribution in [3.63, 3.8) is 0 Å². The molecule has 178 valence electrons. The number of nitrogens with zero attached hydrogens (tertiary/aromatic N) is 5. The molecule has 0 bridgehead atoms. The minimum Gasteiger partial charge on any atom is -0.460 e. The fraction of sp³-hybridized carbons (Fsp3) is 0.391. The van der Waals surface area contributed by atoms with Crippen LogP contribution in [0.4, 0.5) is 11.7 Å². The number of oxazole rings is 1. The molecule has 1 aliphatic heterocycles. The van der Waals surface area contributed by atoms with Gasteiger partial charge in [0.25, 0.3) is 17.8 Å². The van der Waals surface area contributed by atoms with Crippen molar-refractivity contribution >= 4 is 23.5 Å². The second-order valence-corrected chi connectivity index (χ2v) is 8.33. The molecule has 4 rings (SSSR count). The number of hydrogen-bond donors (Lipinski definition) is 2. The van der Waals surface area contributed by atoms with Crippen LogP contribution in [0.2, 0.25) is 0 Å². The van der Waals surface area contributed by atoms with Crippen LogP contribution in [0.1, 0.15) is 47.5 Å². The SMILES string of the molecule is CC(C)CNC(=O)c1cnccc1NC(=O)c1coc(N2CCC(Oc3ncccn3)CC2)n1. The third-order valence-electron chi connectivity index (χ3n) is 5.24. The van der Waals surface area contributed by atoms with E-state index in [1.165, 1.54) is 18.7 Å². The minimum absolute atomic E-state index is 0.00309. The molecule has 4 heterocycles. The smallest absolute Gasteiger partial charge is 0.316 e. The molecule has 1 fully saturated rings. The Labute approximate surface area is 197 Å². The normalized spacial score (nSPS) is 14.1. The molecule has 1 saturated heterocycles. The maximum absolute atomic E-state index is 12.8. The monoisotopic (exact) mass is 465 g/mol. The Balaban J connectivity index is 1.34. The molecule has 0 aliphatic carbocycles. The Morgan fingerprint density at radius 3 is 2.68 bits per heavy atom. The summed E-state index contributed by atoms with van der Waals surface area (Å²) in [4.78, 5) is 43.7. The van der Waals surface area contributed by atoms with Crippen molar-refractivity contribution in [2.75, 3.05) is 29.9 Å². The van der Waals surface area contributed by atoms with Gasteiger partial charge in [-0.05, 0) is 18.1 Å². The van der Waals surface area contributed by atoms with Gasteiger partial charge in [0.15, 0.2) is 5.69 Å². The van der Waals surface area contributed by atoms with Gasteiger partial charge in [0.1, 0.15) is 12.4 Å². The van der Waals surface area contributed by atoms with Crippen LogP contribution in [0.5, 0.6) is 6.01 Å². The standard InChI is InChI=1S/C23H27N7O4/c1-15(2)12-27-20(31)17-13-24-9-4-18(17)28-21(32)19-14-33-23(29-19)30-10-5-16(6-11-30)34-22-25-7-3-8-26-22/h3-4,7-9,13-16H,5-6,10-12H2,1-2H3,(H,27,31)(H,24,28,32). The number of anilines is 2. The van der Waals surface area contributed by atoms with E-state index in [0.29, 0.717) is 43.3 Å². The highest BCUT2D eigenvalue weighted by atomic mass is 16.5. The van der Waals surface area contributed by atoms with Gasteiger partial charge in [0.05, 0.1) is 11.3 Å². The molecular weight excluding hydrogens is 438 g/mol. The van der Waals surface area contributed by atoms with Crippen LogP contribution in [0.15, 0.2) is 47.6 Å². The molecule has 0 unspecified atom stereocenters. The van der Waals surface area contributed by atoms with E-state index in [0.717, 1.165) is 12.8 Å². The highest BCUT2D eigenvalue weighted by Gasteiger charge is 2.25. The second kappa shape index (κ2) is 10.7. The van der Waals surface area contributed by atoms with Crippen molar-refractivity contribution in [3.8, 4) is 6.01 Å². The summed E-state index contributed by atoms with van der Waals surface area (Å²) in [6.07, 6.45) is 9.02. The number of nitrogens with one attached hydrogen (secondary N) is 2. The van der Waals surface area contributed by atoms with E-state index in [1.54, 1.807) is 24.5 Å². The van der Waals surface area contributed by atoms with Crippen LogP contribution >= 0.6 is 0 Å². The first kappa shape index (κ1) is 23.1. The lowest BCUT2D eigenvalue weighted by atomic mass is 10.1. The van der Waals surface area contributed by atoms with Crippen LogP contribution in [0.3, 0.4) is 0 Å². The zero-order chi connectivity index (χ0) is 23.9. The number of carbonyl (C=O) groups excluding carboxylic acids is 2. The van der Waals surface area contributed by atoms with Gasteiger partial charge in [0.2, 0.25) is 0 Å². The first-order valence-corrected chi connectivity index (χ1v) is 11.2. The molecule has 0 radical (unpaired) electrons. The predicted octanol–water partition coefficient (Wildman–Crippen LogP) is 2.55. The molecule has 0 spiro atoms. The lowest BCUT2D eigenvalue weighted by Gasteiger charge is -2.30. The summed E-state index contributed by atoms with van der Waals surface area (Å²) in [5.41, 5.74) is 0.757. The Bertz CT molecular complexity index is 1110. The van der Waals surface area contributed by atoms with E-state index in [-0.39, 0.29) is 23.3 Å². The van der Waals surface area contributed by atoms with Gasteiger partial charge in [0, 0.05) is 57.3 Å². The number of amides is 2. The Hall–Kier alpha value is -4.02. The number of ether oxygens (including phenoxy) is 1. The molecule has 2 amide bonds. The summed E-state index contributed by atoms with van der Waals surface area (Å²) in [5.74, 6) is -0.474. The summed E-state index contributed by atoms with van der Waals surface area (Å²) in [6, 6.07) is 4.04.